The molecule has 0 saturated heterocycles. The highest BCUT2D eigenvalue weighted by atomic mass is 16.2. The summed E-state index contributed by atoms with van der Waals surface area (Å²) in [5.74, 6) is 0. The highest BCUT2D eigenvalue weighted by Crippen LogP contribution is 2.28. The Morgan fingerprint density at radius 3 is 2.09 bits per heavy atom. The summed E-state index contributed by atoms with van der Waals surface area (Å²) in [4.78, 5) is 57.5. The van der Waals surface area contributed by atoms with Gasteiger partial charge < -0.3 is 0 Å². The quantitative estimate of drug-likeness (QED) is 0.418. The normalized spacial score (nSPS) is 14.5. The summed E-state index contributed by atoms with van der Waals surface area (Å²) in [6, 6.07) is 18.1. The number of para-hydroxylation sites is 2. The van der Waals surface area contributed by atoms with Crippen molar-refractivity contribution in [2.75, 3.05) is 0 Å². The lowest BCUT2D eigenvalue weighted by Gasteiger charge is -2.27. The number of nitrogens with zero attached hydrogens (tertiary/aromatic N) is 6. The summed E-state index contributed by atoms with van der Waals surface area (Å²) in [6.45, 7) is 1.72. The molecule has 11 nitrogen and oxygen atoms in total. The van der Waals surface area contributed by atoms with Crippen LogP contribution in [0.4, 0.5) is 0 Å². The fraction of sp³-hybridized carbons (Fsp3) is 0.125. The third-order valence-electron chi connectivity index (χ3n) is 6.21. The summed E-state index contributed by atoms with van der Waals surface area (Å²) >= 11 is 0. The SMILES string of the molecule is Cc1ccnc2c1-n1c(=O)n(-c3ccccc3)c(=O)n1CC2n1[nH]c(=O)n(-c2ccccc2)c1=O. The molecule has 0 aliphatic carbocycles. The van der Waals surface area contributed by atoms with Crippen LogP contribution in [0.2, 0.25) is 0 Å². The van der Waals surface area contributed by atoms with E-state index in [0.717, 1.165) is 9.13 Å². The Hall–Kier alpha value is -4.93. The van der Waals surface area contributed by atoms with Crippen molar-refractivity contribution in [2.24, 2.45) is 0 Å². The molecule has 174 valence electrons. The van der Waals surface area contributed by atoms with Gasteiger partial charge in [0.05, 0.1) is 29.3 Å². The van der Waals surface area contributed by atoms with Gasteiger partial charge in [-0.25, -0.2) is 42.8 Å². The van der Waals surface area contributed by atoms with Gasteiger partial charge in [-0.3, -0.25) is 4.98 Å². The molecule has 1 aliphatic heterocycles. The largest absolute Gasteiger partial charge is 0.356 e. The molecule has 35 heavy (non-hydrogen) atoms. The summed E-state index contributed by atoms with van der Waals surface area (Å²) < 4.78 is 5.84. The Kier molecular flexibility index (Phi) is 4.46. The van der Waals surface area contributed by atoms with Crippen LogP contribution < -0.4 is 22.8 Å². The second kappa shape index (κ2) is 7.55. The number of pyridine rings is 1. The number of nitrogens with one attached hydrogen (secondary N) is 1. The van der Waals surface area contributed by atoms with Gasteiger partial charge in [-0.15, -0.1) is 0 Å². The van der Waals surface area contributed by atoms with Gasteiger partial charge in [0, 0.05) is 6.20 Å². The lowest BCUT2D eigenvalue weighted by molar-refractivity contribution is 0.357. The lowest BCUT2D eigenvalue weighted by Crippen LogP contribution is -2.40. The van der Waals surface area contributed by atoms with Gasteiger partial charge in [-0.05, 0) is 42.8 Å². The van der Waals surface area contributed by atoms with E-state index in [1.54, 1.807) is 79.9 Å². The molecule has 0 bridgehead atoms. The Balaban J connectivity index is 1.61. The van der Waals surface area contributed by atoms with Crippen molar-refractivity contribution >= 4 is 0 Å². The van der Waals surface area contributed by atoms with Gasteiger partial charge in [0.2, 0.25) is 0 Å². The van der Waals surface area contributed by atoms with E-state index >= 15 is 0 Å². The number of rotatable bonds is 3. The minimum atomic E-state index is -0.821. The predicted octanol–water partition coefficient (Wildman–Crippen LogP) is 0.737. The van der Waals surface area contributed by atoms with E-state index in [-0.39, 0.29) is 6.54 Å². The zero-order valence-electron chi connectivity index (χ0n) is 18.5. The summed E-state index contributed by atoms with van der Waals surface area (Å²) in [5, 5.41) is 2.61. The standard InChI is InChI=1S/C24H19N7O4/c1-15-12-13-25-19-18(30-23(34)28(21(32)26-30)16-8-4-2-5-9-16)14-27-22(33)29(17-10-6-3-7-11-17)24(35)31(27)20(15)19/h2-13,18H,14H2,1H3,(H,26,32). The van der Waals surface area contributed by atoms with Gasteiger partial charge >= 0.3 is 22.8 Å². The van der Waals surface area contributed by atoms with Crippen molar-refractivity contribution in [3.05, 3.63) is 126 Å². The van der Waals surface area contributed by atoms with Crippen LogP contribution in [0.15, 0.2) is 92.1 Å². The maximum Gasteiger partial charge on any atom is 0.356 e. The molecule has 1 aliphatic rings. The molecule has 1 unspecified atom stereocenters. The van der Waals surface area contributed by atoms with E-state index in [2.05, 4.69) is 10.1 Å². The molecule has 1 N–H and O–H groups in total. The topological polar surface area (TPSA) is 122 Å². The fourth-order valence-corrected chi connectivity index (χ4v) is 4.61. The van der Waals surface area contributed by atoms with Crippen LogP contribution in [-0.4, -0.2) is 33.3 Å². The predicted molar refractivity (Wildman–Crippen MR) is 127 cm³/mol. The van der Waals surface area contributed by atoms with Gasteiger partial charge in [0.25, 0.3) is 0 Å². The van der Waals surface area contributed by atoms with Crippen molar-refractivity contribution in [2.45, 2.75) is 19.5 Å². The molecule has 5 aromatic rings. The van der Waals surface area contributed by atoms with Crippen molar-refractivity contribution in [3.8, 4) is 17.1 Å². The molecule has 4 heterocycles. The Labute approximate surface area is 196 Å². The van der Waals surface area contributed by atoms with Crippen LogP contribution in [0.3, 0.4) is 0 Å². The van der Waals surface area contributed by atoms with Crippen LogP contribution >= 0.6 is 0 Å². The van der Waals surface area contributed by atoms with E-state index in [1.807, 2.05) is 0 Å². The number of aromatic amines is 1. The summed E-state index contributed by atoms with van der Waals surface area (Å²) in [5.41, 5.74) is 0.0182. The minimum absolute atomic E-state index is 0.0774. The summed E-state index contributed by atoms with van der Waals surface area (Å²) in [7, 11) is 0. The Morgan fingerprint density at radius 1 is 0.800 bits per heavy atom. The van der Waals surface area contributed by atoms with E-state index in [4.69, 9.17) is 0 Å². The van der Waals surface area contributed by atoms with Crippen LogP contribution in [0, 0.1) is 6.92 Å². The second-order valence-corrected chi connectivity index (χ2v) is 8.25. The third kappa shape index (κ3) is 2.94. The molecule has 0 amide bonds. The molecule has 0 saturated carbocycles. The van der Waals surface area contributed by atoms with Gasteiger partial charge in [-0.1, -0.05) is 36.4 Å². The van der Waals surface area contributed by atoms with Crippen LogP contribution in [0.25, 0.3) is 17.1 Å². The van der Waals surface area contributed by atoms with E-state index < -0.39 is 28.8 Å². The molecule has 1 atom stereocenters. The van der Waals surface area contributed by atoms with Crippen LogP contribution in [0.5, 0.6) is 0 Å². The maximum atomic E-state index is 13.5. The molecular formula is C24H19N7O4. The highest BCUT2D eigenvalue weighted by Gasteiger charge is 2.34. The van der Waals surface area contributed by atoms with Gasteiger partial charge in [-0.2, -0.15) is 4.68 Å². The highest BCUT2D eigenvalue weighted by molar-refractivity contribution is 5.46. The van der Waals surface area contributed by atoms with Crippen molar-refractivity contribution in [1.82, 2.24) is 33.3 Å². The zero-order valence-corrected chi connectivity index (χ0v) is 18.5. The monoisotopic (exact) mass is 469 g/mol. The molecule has 3 aromatic heterocycles. The zero-order chi connectivity index (χ0) is 24.3. The number of hydrogen-bond donors (Lipinski definition) is 1. The van der Waals surface area contributed by atoms with Crippen LogP contribution in [0.1, 0.15) is 17.3 Å². The number of fused-ring (bicyclic) bond motifs is 3. The average molecular weight is 469 g/mol. The molecule has 0 spiro atoms. The first-order valence-corrected chi connectivity index (χ1v) is 10.9. The molecule has 11 heteroatoms. The first-order chi connectivity index (χ1) is 17.0. The van der Waals surface area contributed by atoms with Gasteiger partial charge in [0.1, 0.15) is 6.04 Å². The van der Waals surface area contributed by atoms with Crippen LogP contribution in [-0.2, 0) is 6.54 Å². The molecule has 2 aromatic carbocycles. The molecular weight excluding hydrogens is 450 g/mol. The Bertz CT molecular complexity index is 1820. The van der Waals surface area contributed by atoms with Crippen molar-refractivity contribution in [1.29, 1.82) is 0 Å². The molecule has 6 rings (SSSR count). The Morgan fingerprint density at radius 2 is 1.43 bits per heavy atom. The maximum absolute atomic E-state index is 13.5. The van der Waals surface area contributed by atoms with E-state index in [1.165, 1.54) is 14.0 Å². The summed E-state index contributed by atoms with van der Waals surface area (Å²) in [6.07, 6.45) is 1.57. The molecule has 0 fully saturated rings. The number of benzene rings is 2. The first-order valence-electron chi connectivity index (χ1n) is 10.9. The van der Waals surface area contributed by atoms with E-state index in [0.29, 0.717) is 28.3 Å². The number of hydrogen-bond acceptors (Lipinski definition) is 5. The van der Waals surface area contributed by atoms with E-state index in [9.17, 15) is 19.2 Å². The first kappa shape index (κ1) is 20.7. The lowest BCUT2D eigenvalue weighted by atomic mass is 10.1. The number of aromatic nitrogens is 7. The smallest absolute Gasteiger partial charge is 0.257 e. The number of H-pyrrole nitrogens is 1. The van der Waals surface area contributed by atoms with Crippen molar-refractivity contribution in [3.63, 3.8) is 0 Å². The molecule has 0 radical (unpaired) electrons. The van der Waals surface area contributed by atoms with Gasteiger partial charge in [0.15, 0.2) is 0 Å². The second-order valence-electron chi connectivity index (χ2n) is 8.25. The minimum Gasteiger partial charge on any atom is -0.257 e. The fourth-order valence-electron chi connectivity index (χ4n) is 4.61. The third-order valence-corrected chi connectivity index (χ3v) is 6.21. The number of aryl methyl sites for hydroxylation is 1. The average Bonchev–Trinajstić information content (AvgIpc) is 3.31. The van der Waals surface area contributed by atoms with Crippen molar-refractivity contribution < 1.29 is 0 Å².